The van der Waals surface area contributed by atoms with E-state index in [1.165, 1.54) is 51.4 Å². The summed E-state index contributed by atoms with van der Waals surface area (Å²) in [6, 6.07) is -1.04. The molecule has 6 N–H and O–H groups in total. The number of aliphatic hydroxyl groups is 5. The minimum atomic E-state index is -1.63. The zero-order valence-electron chi connectivity index (χ0n) is 42.7. The monoisotopic (exact) mass is 956 g/mol. The van der Waals surface area contributed by atoms with E-state index in [4.69, 9.17) is 14.2 Å². The minimum absolute atomic E-state index is 0.0950. The van der Waals surface area contributed by atoms with E-state index in [1.807, 2.05) is 36.5 Å². The fourth-order valence-electron chi connectivity index (χ4n) is 7.88. The van der Waals surface area contributed by atoms with Gasteiger partial charge in [-0.3, -0.25) is 9.59 Å². The number of amides is 1. The van der Waals surface area contributed by atoms with Crippen LogP contribution >= 0.6 is 0 Å². The van der Waals surface area contributed by atoms with E-state index in [-0.39, 0.29) is 19.4 Å². The van der Waals surface area contributed by atoms with Crippen LogP contribution in [0.15, 0.2) is 85.1 Å². The third-order valence-corrected chi connectivity index (χ3v) is 12.2. The molecule has 1 fully saturated rings. The number of hydrogen-bond acceptors (Lipinski definition) is 10. The highest BCUT2D eigenvalue weighted by molar-refractivity contribution is 5.80. The normalized spacial score (nSPS) is 20.6. The quantitative estimate of drug-likeness (QED) is 0.0149. The maximum Gasteiger partial charge on any atom is 0.306 e. The lowest BCUT2D eigenvalue weighted by molar-refractivity contribution is -0.305. The molecule has 0 aromatic rings. The summed E-state index contributed by atoms with van der Waals surface area (Å²) in [5.41, 5.74) is 0. The van der Waals surface area contributed by atoms with Crippen LogP contribution in [0.3, 0.4) is 0 Å². The predicted molar refractivity (Wildman–Crippen MR) is 278 cm³/mol. The topological polar surface area (TPSA) is 175 Å². The van der Waals surface area contributed by atoms with E-state index in [0.717, 1.165) is 103 Å². The number of aliphatic hydroxyl groups excluding tert-OH is 5. The van der Waals surface area contributed by atoms with Crippen LogP contribution in [-0.2, 0) is 23.8 Å². The molecule has 11 nitrogen and oxygen atoms in total. The van der Waals surface area contributed by atoms with Crippen molar-refractivity contribution in [1.29, 1.82) is 0 Å². The van der Waals surface area contributed by atoms with E-state index >= 15 is 0 Å². The molecule has 0 spiro atoms. The lowest BCUT2D eigenvalue weighted by Crippen LogP contribution is -2.61. The van der Waals surface area contributed by atoms with Gasteiger partial charge in [0.15, 0.2) is 12.4 Å². The minimum Gasteiger partial charge on any atom is -0.454 e. The second-order valence-corrected chi connectivity index (χ2v) is 18.3. The standard InChI is InChI=1S/C57H97NO10/c1-4-7-10-13-16-19-22-25-27-29-32-35-38-41-44-50(61)56(65)58-48(49(60)43-40-37-34-31-28-24-21-18-15-12-9-6-3)47-66-57-55(54(64)53(63)51(46-59)67-57)68-52(62)45-42-39-36-33-30-26-23-20-17-14-11-8-5-2/h7-8,10-11,13-14,16-17,19-20,22-23,40,43,48-51,53-55,57,59-61,63-64H,4-6,9,12,15,18,21,24-39,41-42,44-47H2,1-3H3,(H,58,65)/b10-7+,11-8+,16-13+,17-14+,22-19+,23-20-,43-40+. The first-order valence-corrected chi connectivity index (χ1v) is 26.9. The van der Waals surface area contributed by atoms with Gasteiger partial charge in [-0.1, -0.05) is 215 Å². The number of nitrogens with one attached hydrogen (secondary N) is 1. The molecule has 68 heavy (non-hydrogen) atoms. The third-order valence-electron chi connectivity index (χ3n) is 12.2. The Morgan fingerprint density at radius 1 is 0.588 bits per heavy atom. The number of hydrogen-bond donors (Lipinski definition) is 6. The lowest BCUT2D eigenvalue weighted by Gasteiger charge is -2.41. The van der Waals surface area contributed by atoms with Crippen LogP contribution in [0.4, 0.5) is 0 Å². The SMILES string of the molecule is CC/C=C/C=C/C=C\CCCCCCCC(=O)OC1C(OCC(NC(=O)C(O)CCCCCCCC/C=C/C=C/C=C/CC)C(O)/C=C/CCCCCCCCCCCC)OC(CO)C(O)C1O. The molecule has 8 atom stereocenters. The molecule has 1 saturated heterocycles. The molecule has 0 bridgehead atoms. The highest BCUT2D eigenvalue weighted by atomic mass is 16.7. The van der Waals surface area contributed by atoms with Crippen LogP contribution in [0.2, 0.25) is 0 Å². The highest BCUT2D eigenvalue weighted by Gasteiger charge is 2.47. The highest BCUT2D eigenvalue weighted by Crippen LogP contribution is 2.26. The first-order valence-electron chi connectivity index (χ1n) is 26.9. The van der Waals surface area contributed by atoms with E-state index in [9.17, 15) is 35.1 Å². The van der Waals surface area contributed by atoms with Crippen LogP contribution in [-0.4, -0.2) is 99.6 Å². The van der Waals surface area contributed by atoms with E-state index < -0.39 is 67.4 Å². The summed E-state index contributed by atoms with van der Waals surface area (Å²) in [7, 11) is 0. The fourth-order valence-corrected chi connectivity index (χ4v) is 7.88. The molecule has 0 saturated carbocycles. The van der Waals surface area contributed by atoms with Gasteiger partial charge in [0.25, 0.3) is 0 Å². The molecule has 11 heteroatoms. The van der Waals surface area contributed by atoms with E-state index in [2.05, 4.69) is 68.6 Å². The Morgan fingerprint density at radius 2 is 1.06 bits per heavy atom. The average molecular weight is 956 g/mol. The summed E-state index contributed by atoms with van der Waals surface area (Å²) in [6.45, 7) is 5.47. The first-order chi connectivity index (χ1) is 33.2. The van der Waals surface area contributed by atoms with Crippen LogP contribution in [0.1, 0.15) is 201 Å². The van der Waals surface area contributed by atoms with Gasteiger partial charge in [-0.2, -0.15) is 0 Å². The summed E-state index contributed by atoms with van der Waals surface area (Å²) < 4.78 is 17.5. The molecular formula is C57H97NO10. The zero-order valence-corrected chi connectivity index (χ0v) is 42.7. The summed E-state index contributed by atoms with van der Waals surface area (Å²) in [6.07, 6.45) is 46.3. The molecule has 1 aliphatic rings. The number of unbranched alkanes of at least 4 members (excludes halogenated alkanes) is 21. The van der Waals surface area contributed by atoms with Gasteiger partial charge in [-0.05, 0) is 64.2 Å². The molecule has 0 aromatic carbocycles. The van der Waals surface area contributed by atoms with Gasteiger partial charge in [0.1, 0.15) is 24.4 Å². The largest absolute Gasteiger partial charge is 0.454 e. The van der Waals surface area contributed by atoms with Crippen molar-refractivity contribution in [1.82, 2.24) is 5.32 Å². The number of allylic oxidation sites excluding steroid dienone is 13. The van der Waals surface area contributed by atoms with E-state index in [0.29, 0.717) is 12.8 Å². The van der Waals surface area contributed by atoms with Crippen LogP contribution < -0.4 is 5.32 Å². The van der Waals surface area contributed by atoms with Gasteiger partial charge in [0.05, 0.1) is 25.4 Å². The Morgan fingerprint density at radius 3 is 1.57 bits per heavy atom. The predicted octanol–water partition coefficient (Wildman–Crippen LogP) is 11.4. The van der Waals surface area contributed by atoms with Crippen molar-refractivity contribution in [3.63, 3.8) is 0 Å². The molecule has 0 radical (unpaired) electrons. The van der Waals surface area contributed by atoms with Gasteiger partial charge < -0.3 is 45.1 Å². The smallest absolute Gasteiger partial charge is 0.306 e. The Hall–Kier alpha value is -3.16. The molecular weight excluding hydrogens is 859 g/mol. The molecule has 390 valence electrons. The first kappa shape index (κ1) is 62.9. The Balaban J connectivity index is 2.79. The fraction of sp³-hybridized carbons (Fsp3) is 0.719. The number of rotatable bonds is 43. The van der Waals surface area contributed by atoms with Crippen LogP contribution in [0, 0.1) is 0 Å². The van der Waals surface area contributed by atoms with Gasteiger partial charge in [-0.15, -0.1) is 0 Å². The molecule has 1 amide bonds. The van der Waals surface area contributed by atoms with Crippen molar-refractivity contribution in [2.45, 2.75) is 250 Å². The average Bonchev–Trinajstić information content (AvgIpc) is 3.33. The summed E-state index contributed by atoms with van der Waals surface area (Å²) >= 11 is 0. The van der Waals surface area contributed by atoms with Crippen molar-refractivity contribution in [3.8, 4) is 0 Å². The molecule has 1 aliphatic heterocycles. The molecule has 0 aromatic heterocycles. The van der Waals surface area contributed by atoms with Crippen molar-refractivity contribution in [3.05, 3.63) is 85.1 Å². The maximum absolute atomic E-state index is 13.3. The summed E-state index contributed by atoms with van der Waals surface area (Å²) in [5, 5.41) is 56.6. The van der Waals surface area contributed by atoms with Crippen LogP contribution in [0.5, 0.6) is 0 Å². The Bertz CT molecular complexity index is 1420. The second kappa shape index (κ2) is 45.0. The molecule has 1 rings (SSSR count). The molecule has 8 unspecified atom stereocenters. The number of ether oxygens (including phenoxy) is 3. The number of carbonyl (C=O) groups excluding carboxylic acids is 2. The van der Waals surface area contributed by atoms with Gasteiger partial charge in [0, 0.05) is 6.42 Å². The third kappa shape index (κ3) is 33.4. The zero-order chi connectivity index (χ0) is 49.7. The summed E-state index contributed by atoms with van der Waals surface area (Å²) in [5.74, 6) is -1.24. The molecule has 0 aliphatic carbocycles. The summed E-state index contributed by atoms with van der Waals surface area (Å²) in [4.78, 5) is 26.4. The van der Waals surface area contributed by atoms with Crippen molar-refractivity contribution in [2.75, 3.05) is 13.2 Å². The van der Waals surface area contributed by atoms with Gasteiger partial charge >= 0.3 is 5.97 Å². The number of esters is 1. The number of carbonyl (C=O) groups is 2. The van der Waals surface area contributed by atoms with Gasteiger partial charge in [-0.25, -0.2) is 0 Å². The maximum atomic E-state index is 13.3. The Labute approximate surface area is 413 Å². The van der Waals surface area contributed by atoms with Gasteiger partial charge in [0.2, 0.25) is 5.91 Å². The Kier molecular flexibility index (Phi) is 41.6. The van der Waals surface area contributed by atoms with Crippen LogP contribution in [0.25, 0.3) is 0 Å². The van der Waals surface area contributed by atoms with E-state index in [1.54, 1.807) is 6.08 Å². The lowest BCUT2D eigenvalue weighted by atomic mass is 9.99. The van der Waals surface area contributed by atoms with Crippen molar-refractivity contribution in [2.24, 2.45) is 0 Å². The van der Waals surface area contributed by atoms with Crippen molar-refractivity contribution < 1.29 is 49.3 Å². The van der Waals surface area contributed by atoms with Crippen molar-refractivity contribution >= 4 is 11.9 Å². The second-order valence-electron chi connectivity index (χ2n) is 18.3. The molecule has 1 heterocycles.